The first-order valence-corrected chi connectivity index (χ1v) is 8.80. The van der Waals surface area contributed by atoms with E-state index in [1.807, 2.05) is 37.6 Å². The molecule has 0 saturated carbocycles. The molecule has 132 valence electrons. The summed E-state index contributed by atoms with van der Waals surface area (Å²) in [5.74, 6) is 0.718. The summed E-state index contributed by atoms with van der Waals surface area (Å²) in [5.41, 5.74) is 1.94. The van der Waals surface area contributed by atoms with Gasteiger partial charge in [0.2, 0.25) is 5.91 Å². The molecule has 0 spiro atoms. The number of amides is 1. The first kappa shape index (κ1) is 16.3. The number of aromatic nitrogens is 3. The van der Waals surface area contributed by atoms with Gasteiger partial charge in [-0.1, -0.05) is 0 Å². The van der Waals surface area contributed by atoms with E-state index in [1.165, 1.54) is 0 Å². The molecule has 26 heavy (non-hydrogen) atoms. The van der Waals surface area contributed by atoms with Crippen LogP contribution in [-0.2, 0) is 4.79 Å². The van der Waals surface area contributed by atoms with Crippen molar-refractivity contribution in [1.29, 1.82) is 5.26 Å². The number of fused-ring (bicyclic) bond motifs is 3. The molecule has 1 fully saturated rings. The number of aryl methyl sites for hydroxylation is 1. The number of carbonyl (C=O) groups excluding carboxylic acids is 1. The fraction of sp³-hybridized carbons (Fsp3) is 0.368. The van der Waals surface area contributed by atoms with Crippen LogP contribution in [0.4, 0.5) is 5.82 Å². The molecule has 1 unspecified atom stereocenters. The van der Waals surface area contributed by atoms with Crippen LogP contribution in [-0.4, -0.2) is 40.0 Å². The van der Waals surface area contributed by atoms with E-state index in [1.54, 1.807) is 0 Å². The van der Waals surface area contributed by atoms with Gasteiger partial charge in [-0.05, 0) is 31.4 Å². The van der Waals surface area contributed by atoms with Crippen molar-refractivity contribution in [3.05, 3.63) is 30.2 Å². The van der Waals surface area contributed by atoms with Crippen LogP contribution in [0.5, 0.6) is 0 Å². The van der Waals surface area contributed by atoms with E-state index >= 15 is 0 Å². The van der Waals surface area contributed by atoms with E-state index in [0.717, 1.165) is 52.6 Å². The molecular formula is C19H20N6O. The van der Waals surface area contributed by atoms with Crippen molar-refractivity contribution in [2.24, 2.45) is 0 Å². The molecule has 7 nitrogen and oxygen atoms in total. The minimum atomic E-state index is -0.210. The second-order valence-electron chi connectivity index (χ2n) is 6.74. The lowest BCUT2D eigenvalue weighted by molar-refractivity contribution is -0.120. The van der Waals surface area contributed by atoms with Crippen LogP contribution in [0.2, 0.25) is 0 Å². The molecule has 3 aromatic rings. The maximum absolute atomic E-state index is 11.8. The predicted molar refractivity (Wildman–Crippen MR) is 99.7 cm³/mol. The fourth-order valence-electron chi connectivity index (χ4n) is 3.72. The molecule has 1 saturated heterocycles. The molecule has 0 bridgehead atoms. The Morgan fingerprint density at radius 1 is 1.42 bits per heavy atom. The lowest BCUT2D eigenvalue weighted by atomic mass is 10.0. The first-order chi connectivity index (χ1) is 12.7. The molecule has 7 heteroatoms. The van der Waals surface area contributed by atoms with Gasteiger partial charge in [0, 0.05) is 53.9 Å². The second-order valence-corrected chi connectivity index (χ2v) is 6.74. The number of H-pyrrole nitrogens is 1. The summed E-state index contributed by atoms with van der Waals surface area (Å²) in [6.07, 6.45) is 7.46. The smallest absolute Gasteiger partial charge is 0.234 e. The number of nitrogens with one attached hydrogen (secondary N) is 2. The number of anilines is 1. The monoisotopic (exact) mass is 348 g/mol. The topological polar surface area (TPSA) is 97.7 Å². The third-order valence-electron chi connectivity index (χ3n) is 4.94. The largest absolute Gasteiger partial charge is 0.354 e. The number of pyridine rings is 2. The van der Waals surface area contributed by atoms with Gasteiger partial charge in [0.05, 0.1) is 6.07 Å². The first-order valence-electron chi connectivity index (χ1n) is 8.80. The van der Waals surface area contributed by atoms with E-state index in [-0.39, 0.29) is 18.4 Å². The van der Waals surface area contributed by atoms with E-state index < -0.39 is 0 Å². The van der Waals surface area contributed by atoms with E-state index in [9.17, 15) is 4.79 Å². The molecule has 1 atom stereocenters. The number of piperidine rings is 1. The zero-order valence-corrected chi connectivity index (χ0v) is 14.6. The lowest BCUT2D eigenvalue weighted by Gasteiger charge is -2.34. The quantitative estimate of drug-likeness (QED) is 0.757. The van der Waals surface area contributed by atoms with Crippen LogP contribution in [0.15, 0.2) is 24.7 Å². The van der Waals surface area contributed by atoms with Crippen LogP contribution < -0.4 is 10.2 Å². The van der Waals surface area contributed by atoms with E-state index in [4.69, 9.17) is 10.2 Å². The number of hydrogen-bond donors (Lipinski definition) is 2. The standard InChI is InChI=1S/C19H20N6O/c1-12-9-23-19(17-14-5-7-21-18(14)22-10-15(12)17)25-8-2-3-13(11-25)24-16(26)4-6-20/h5,7,9-10,13H,2-4,8,11H2,1H3,(H,21,22)(H,24,26). The molecule has 2 N–H and O–H groups in total. The molecule has 0 radical (unpaired) electrons. The van der Waals surface area contributed by atoms with Crippen molar-refractivity contribution >= 4 is 33.5 Å². The van der Waals surface area contributed by atoms with Gasteiger partial charge >= 0.3 is 0 Å². The zero-order valence-electron chi connectivity index (χ0n) is 14.6. The van der Waals surface area contributed by atoms with Crippen LogP contribution in [0.25, 0.3) is 21.8 Å². The highest BCUT2D eigenvalue weighted by Gasteiger charge is 2.24. The van der Waals surface area contributed by atoms with Gasteiger partial charge < -0.3 is 15.2 Å². The van der Waals surface area contributed by atoms with Crippen molar-refractivity contribution < 1.29 is 4.79 Å². The van der Waals surface area contributed by atoms with Gasteiger partial charge in [0.25, 0.3) is 0 Å². The Morgan fingerprint density at radius 3 is 3.15 bits per heavy atom. The summed E-state index contributed by atoms with van der Waals surface area (Å²) in [6.45, 7) is 3.63. The lowest BCUT2D eigenvalue weighted by Crippen LogP contribution is -2.48. The van der Waals surface area contributed by atoms with Gasteiger partial charge in [0.1, 0.15) is 17.9 Å². The maximum atomic E-state index is 11.8. The van der Waals surface area contributed by atoms with Gasteiger partial charge in [-0.15, -0.1) is 0 Å². The van der Waals surface area contributed by atoms with Crippen molar-refractivity contribution in [1.82, 2.24) is 20.3 Å². The van der Waals surface area contributed by atoms with Crippen LogP contribution >= 0.6 is 0 Å². The number of nitriles is 1. The molecule has 3 aromatic heterocycles. The third-order valence-corrected chi connectivity index (χ3v) is 4.94. The summed E-state index contributed by atoms with van der Waals surface area (Å²) in [6, 6.07) is 3.97. The highest BCUT2D eigenvalue weighted by molar-refractivity contribution is 6.11. The number of carbonyl (C=O) groups is 1. The van der Waals surface area contributed by atoms with Gasteiger partial charge in [-0.3, -0.25) is 4.79 Å². The summed E-state index contributed by atoms with van der Waals surface area (Å²) < 4.78 is 0. The molecule has 1 amide bonds. The highest BCUT2D eigenvalue weighted by Crippen LogP contribution is 2.33. The molecule has 0 aromatic carbocycles. The van der Waals surface area contributed by atoms with Crippen LogP contribution in [0.3, 0.4) is 0 Å². The Morgan fingerprint density at radius 2 is 2.31 bits per heavy atom. The number of aromatic amines is 1. The van der Waals surface area contributed by atoms with Gasteiger partial charge in [-0.25, -0.2) is 9.97 Å². The zero-order chi connectivity index (χ0) is 18.1. The Bertz CT molecular complexity index is 1020. The molecule has 4 rings (SSSR count). The molecule has 1 aliphatic heterocycles. The Balaban J connectivity index is 1.72. The minimum absolute atomic E-state index is 0.0336. The summed E-state index contributed by atoms with van der Waals surface area (Å²) in [4.78, 5) is 26.4. The minimum Gasteiger partial charge on any atom is -0.354 e. The average Bonchev–Trinajstić information content (AvgIpc) is 3.11. The van der Waals surface area contributed by atoms with Crippen LogP contribution in [0, 0.1) is 18.3 Å². The van der Waals surface area contributed by atoms with Crippen molar-refractivity contribution in [2.75, 3.05) is 18.0 Å². The average molecular weight is 348 g/mol. The molecule has 4 heterocycles. The van der Waals surface area contributed by atoms with Crippen molar-refractivity contribution in [2.45, 2.75) is 32.2 Å². The van der Waals surface area contributed by atoms with Gasteiger partial charge in [-0.2, -0.15) is 5.26 Å². The number of rotatable bonds is 3. The van der Waals surface area contributed by atoms with E-state index in [0.29, 0.717) is 6.54 Å². The molecule has 0 aliphatic carbocycles. The Kier molecular flexibility index (Phi) is 4.17. The summed E-state index contributed by atoms with van der Waals surface area (Å²) in [5, 5.41) is 14.9. The van der Waals surface area contributed by atoms with Crippen molar-refractivity contribution in [3.63, 3.8) is 0 Å². The van der Waals surface area contributed by atoms with Crippen LogP contribution in [0.1, 0.15) is 24.8 Å². The highest BCUT2D eigenvalue weighted by atomic mass is 16.1. The summed E-state index contributed by atoms with van der Waals surface area (Å²) in [7, 11) is 0. The normalized spacial score (nSPS) is 17.4. The number of nitrogens with zero attached hydrogens (tertiary/aromatic N) is 4. The van der Waals surface area contributed by atoms with Gasteiger partial charge in [0.15, 0.2) is 0 Å². The van der Waals surface area contributed by atoms with Crippen molar-refractivity contribution in [3.8, 4) is 6.07 Å². The SMILES string of the molecule is Cc1cnc(N2CCCC(NC(=O)CC#N)C2)c2c1cnc1[nH]ccc12. The Hall–Kier alpha value is -3.14. The predicted octanol–water partition coefficient (Wildman–Crippen LogP) is 2.42. The maximum Gasteiger partial charge on any atom is 0.234 e. The third kappa shape index (κ3) is 2.84. The van der Waals surface area contributed by atoms with E-state index in [2.05, 4.69) is 20.2 Å². The second kappa shape index (κ2) is 6.64. The number of hydrogen-bond acceptors (Lipinski definition) is 5. The fourth-order valence-corrected chi connectivity index (χ4v) is 3.72. The molecule has 1 aliphatic rings. The summed E-state index contributed by atoms with van der Waals surface area (Å²) >= 11 is 0. The molecular weight excluding hydrogens is 328 g/mol. The Labute approximate surface area is 151 Å².